The molecule has 5 aromatic rings. The number of rotatable bonds is 7. The summed E-state index contributed by atoms with van der Waals surface area (Å²) in [5, 5.41) is 3.92. The number of piperidine rings is 1. The van der Waals surface area contributed by atoms with Crippen molar-refractivity contribution in [3.8, 4) is 17.3 Å². The van der Waals surface area contributed by atoms with Gasteiger partial charge in [-0.2, -0.15) is 0 Å². The van der Waals surface area contributed by atoms with Crippen LogP contribution in [0.15, 0.2) is 66.9 Å². The number of aryl methyl sites for hydroxylation is 1. The van der Waals surface area contributed by atoms with E-state index in [4.69, 9.17) is 14.5 Å². The van der Waals surface area contributed by atoms with E-state index < -0.39 is 17.7 Å². The molecular weight excluding hydrogens is 608 g/mol. The normalized spacial score (nSPS) is 16.7. The molecule has 2 aliphatic rings. The quantitative estimate of drug-likeness (QED) is 0.161. The minimum absolute atomic E-state index is 0.240. The number of carbonyl (C=O) groups is 3. The molecule has 48 heavy (non-hydrogen) atoms. The summed E-state index contributed by atoms with van der Waals surface area (Å²) in [5.41, 5.74) is 2.81. The van der Waals surface area contributed by atoms with Gasteiger partial charge in [0.25, 0.3) is 5.91 Å². The lowest BCUT2D eigenvalue weighted by atomic mass is 10.0. The molecule has 0 radical (unpaired) electrons. The smallest absolute Gasteiger partial charge is 0.407 e. The highest BCUT2D eigenvalue weighted by molar-refractivity contribution is 6.08. The number of alkyl carbamates (subject to hydrolysis) is 1. The van der Waals surface area contributed by atoms with Crippen LogP contribution in [0.3, 0.4) is 0 Å². The molecule has 0 unspecified atom stereocenters. The molecule has 248 valence electrons. The van der Waals surface area contributed by atoms with Crippen molar-refractivity contribution in [3.63, 3.8) is 0 Å². The number of amides is 2. The van der Waals surface area contributed by atoms with Crippen molar-refractivity contribution in [2.45, 2.75) is 64.6 Å². The Morgan fingerprint density at radius 3 is 2.54 bits per heavy atom. The fraction of sp³-hybridized carbons (Fsp3) is 0.378. The van der Waals surface area contributed by atoms with Gasteiger partial charge in [-0.25, -0.2) is 19.6 Å². The van der Waals surface area contributed by atoms with E-state index >= 15 is 0 Å². The number of fused-ring (bicyclic) bond motifs is 2. The van der Waals surface area contributed by atoms with Crippen LogP contribution in [0.2, 0.25) is 0 Å². The molecule has 4 heterocycles. The van der Waals surface area contributed by atoms with Crippen LogP contribution in [0.1, 0.15) is 67.2 Å². The van der Waals surface area contributed by atoms with Crippen LogP contribution in [-0.4, -0.2) is 66.7 Å². The van der Waals surface area contributed by atoms with Crippen LogP contribution in [0, 0.1) is 5.92 Å². The number of nitrogens with zero attached hydrogens (tertiary/aromatic N) is 5. The lowest BCUT2D eigenvalue weighted by Gasteiger charge is -2.33. The highest BCUT2D eigenvalue weighted by Gasteiger charge is 2.31. The number of carbonyl (C=O) groups excluding carboxylic acids is 3. The molecule has 1 saturated heterocycles. The van der Waals surface area contributed by atoms with Gasteiger partial charge in [0.15, 0.2) is 5.82 Å². The molecule has 1 N–H and O–H groups in total. The average Bonchev–Trinajstić information content (AvgIpc) is 3.72. The Morgan fingerprint density at radius 2 is 1.79 bits per heavy atom. The van der Waals surface area contributed by atoms with E-state index in [1.54, 1.807) is 47.5 Å². The highest BCUT2D eigenvalue weighted by Crippen LogP contribution is 2.36. The molecule has 3 aromatic heterocycles. The summed E-state index contributed by atoms with van der Waals surface area (Å²) in [5.74, 6) is 0.827. The van der Waals surface area contributed by atoms with Gasteiger partial charge >= 0.3 is 12.1 Å². The first-order chi connectivity index (χ1) is 23.0. The fourth-order valence-electron chi connectivity index (χ4n) is 6.46. The minimum atomic E-state index is -0.626. The molecule has 11 nitrogen and oxygen atoms in total. The average molecular weight is 649 g/mol. The Hall–Kier alpha value is -5.19. The zero-order chi connectivity index (χ0) is 33.6. The number of imidazole rings is 1. The zero-order valence-corrected chi connectivity index (χ0v) is 27.7. The maximum Gasteiger partial charge on any atom is 0.407 e. The third-order valence-corrected chi connectivity index (χ3v) is 8.84. The Labute approximate surface area is 278 Å². The Kier molecular flexibility index (Phi) is 8.14. The second-order valence-corrected chi connectivity index (χ2v) is 13.8. The number of pyridine rings is 1. The molecular formula is C37H40N6O5. The number of esters is 1. The molecule has 7 rings (SSSR count). The third-order valence-electron chi connectivity index (χ3n) is 8.84. The monoisotopic (exact) mass is 648 g/mol. The first kappa shape index (κ1) is 31.4. The lowest BCUT2D eigenvalue weighted by Crippen LogP contribution is -2.50. The predicted octanol–water partition coefficient (Wildman–Crippen LogP) is 6.35. The van der Waals surface area contributed by atoms with Crippen LogP contribution in [0.25, 0.3) is 33.6 Å². The van der Waals surface area contributed by atoms with Gasteiger partial charge in [-0.05, 0) is 94.8 Å². The van der Waals surface area contributed by atoms with Gasteiger partial charge in [0, 0.05) is 49.9 Å². The van der Waals surface area contributed by atoms with Gasteiger partial charge in [0.2, 0.25) is 0 Å². The van der Waals surface area contributed by atoms with E-state index in [1.807, 2.05) is 50.6 Å². The molecule has 11 heteroatoms. The summed E-state index contributed by atoms with van der Waals surface area (Å²) in [7, 11) is 1.88. The van der Waals surface area contributed by atoms with Gasteiger partial charge in [-0.15, -0.1) is 0 Å². The van der Waals surface area contributed by atoms with Crippen molar-refractivity contribution >= 4 is 40.0 Å². The second kappa shape index (κ2) is 12.4. The number of aromatic nitrogens is 4. The second-order valence-electron chi connectivity index (χ2n) is 13.8. The van der Waals surface area contributed by atoms with E-state index in [1.165, 1.54) is 12.8 Å². The van der Waals surface area contributed by atoms with E-state index in [2.05, 4.69) is 20.9 Å². The number of benzene rings is 2. The van der Waals surface area contributed by atoms with Crippen molar-refractivity contribution in [1.82, 2.24) is 29.3 Å². The first-order valence-electron chi connectivity index (χ1n) is 16.5. The zero-order valence-electron chi connectivity index (χ0n) is 27.7. The Morgan fingerprint density at radius 1 is 1.00 bits per heavy atom. The third kappa shape index (κ3) is 6.49. The summed E-state index contributed by atoms with van der Waals surface area (Å²) in [6.07, 6.45) is 5.09. The molecule has 2 fully saturated rings. The van der Waals surface area contributed by atoms with Crippen molar-refractivity contribution < 1.29 is 23.9 Å². The molecule has 0 bridgehead atoms. The van der Waals surface area contributed by atoms with Gasteiger partial charge in [0.1, 0.15) is 17.0 Å². The number of nitrogens with one attached hydrogen (secondary N) is 1. The standard InChI is InChI=1S/C37H40N6O5/c1-37(2,3)48-36(46)39-26-11-9-17-42(22-26)34(44)25-18-28(35(45)47-27-12-6-5-7-13-27)31-29(19-25)40-33(41(31)4)30-20-24-10-8-16-38-32(24)43(30)21-23-14-15-23/h5-8,10,12-13,16,18-20,23,26H,9,11,14-15,17,21-22H2,1-4H3,(H,39,46)/t26-/m1/s1. The summed E-state index contributed by atoms with van der Waals surface area (Å²) >= 11 is 0. The van der Waals surface area contributed by atoms with Crippen molar-refractivity contribution in [2.75, 3.05) is 13.1 Å². The molecule has 1 aliphatic carbocycles. The predicted molar refractivity (Wildman–Crippen MR) is 182 cm³/mol. The molecule has 2 aromatic carbocycles. The summed E-state index contributed by atoms with van der Waals surface area (Å²) in [6, 6.07) is 18.0. The highest BCUT2D eigenvalue weighted by atomic mass is 16.6. The first-order valence-corrected chi connectivity index (χ1v) is 16.5. The topological polar surface area (TPSA) is 121 Å². The van der Waals surface area contributed by atoms with E-state index in [9.17, 15) is 14.4 Å². The van der Waals surface area contributed by atoms with E-state index in [0.717, 1.165) is 29.7 Å². The lowest BCUT2D eigenvalue weighted by molar-refractivity contribution is 0.0452. The fourth-order valence-corrected chi connectivity index (χ4v) is 6.46. The molecule has 1 aliphatic heterocycles. The largest absolute Gasteiger partial charge is 0.444 e. The van der Waals surface area contributed by atoms with Gasteiger partial charge in [-0.3, -0.25) is 4.79 Å². The molecule has 1 saturated carbocycles. The SMILES string of the molecule is Cn1c(-c2cc3cccnc3n2CC2CC2)nc2cc(C(=O)N3CCC[C@@H](NC(=O)OC(C)(C)C)C3)cc(C(=O)Oc3ccccc3)c21. The van der Waals surface area contributed by atoms with Crippen LogP contribution >= 0.6 is 0 Å². The van der Waals surface area contributed by atoms with E-state index in [-0.39, 0.29) is 17.5 Å². The Bertz CT molecular complexity index is 2020. The van der Waals surface area contributed by atoms with Gasteiger partial charge in [0.05, 0.1) is 22.3 Å². The van der Waals surface area contributed by atoms with Crippen molar-refractivity contribution in [2.24, 2.45) is 13.0 Å². The minimum Gasteiger partial charge on any atom is -0.444 e. The van der Waals surface area contributed by atoms with Crippen molar-refractivity contribution in [3.05, 3.63) is 78.0 Å². The maximum atomic E-state index is 14.1. The number of hydrogen-bond donors (Lipinski definition) is 1. The number of likely N-dealkylation sites (tertiary alicyclic amines) is 1. The molecule has 1 atom stereocenters. The summed E-state index contributed by atoms with van der Waals surface area (Å²) < 4.78 is 15.4. The summed E-state index contributed by atoms with van der Waals surface area (Å²) in [6.45, 7) is 7.11. The van der Waals surface area contributed by atoms with Gasteiger partial charge < -0.3 is 28.8 Å². The molecule has 0 spiro atoms. The number of ether oxygens (including phenoxy) is 2. The maximum absolute atomic E-state index is 14.1. The van der Waals surface area contributed by atoms with Gasteiger partial charge in [-0.1, -0.05) is 18.2 Å². The molecule has 2 amide bonds. The van der Waals surface area contributed by atoms with Crippen LogP contribution in [-0.2, 0) is 18.3 Å². The number of hydrogen-bond acceptors (Lipinski definition) is 7. The van der Waals surface area contributed by atoms with E-state index in [0.29, 0.717) is 53.6 Å². The Balaban J connectivity index is 1.27. The number of para-hydroxylation sites is 1. The van der Waals surface area contributed by atoms with Crippen LogP contribution in [0.5, 0.6) is 5.75 Å². The van der Waals surface area contributed by atoms with Crippen LogP contribution in [0.4, 0.5) is 4.79 Å². The van der Waals surface area contributed by atoms with Crippen molar-refractivity contribution in [1.29, 1.82) is 0 Å². The van der Waals surface area contributed by atoms with Crippen LogP contribution < -0.4 is 10.1 Å². The summed E-state index contributed by atoms with van der Waals surface area (Å²) in [4.78, 5) is 51.9.